The van der Waals surface area contributed by atoms with E-state index < -0.39 is 120 Å². The van der Waals surface area contributed by atoms with Crippen LogP contribution < -0.4 is 49.0 Å². The van der Waals surface area contributed by atoms with Gasteiger partial charge in [-0.1, -0.05) is 206 Å². The van der Waals surface area contributed by atoms with Crippen molar-refractivity contribution in [1.29, 1.82) is 0 Å². The fraction of sp³-hybridized carbons (Fsp3) is 0.448. The minimum atomic E-state index is -1.88. The third-order valence-electron chi connectivity index (χ3n) is 23.3. The molecule has 0 radical (unpaired) electrons. The number of nitrogens with zero attached hydrogens (tertiary/aromatic N) is 5. The molecule has 4 fully saturated rings. The molecule has 37 nitrogen and oxygen atoms in total. The largest absolute Gasteiger partial charge is 0.459 e. The van der Waals surface area contributed by atoms with E-state index in [1.54, 1.807) is 66.7 Å². The molecule has 9 unspecified atom stereocenters. The summed E-state index contributed by atoms with van der Waals surface area (Å²) in [6.07, 6.45) is -0.405. The molecule has 8 aromatic rings. The fourth-order valence-electron chi connectivity index (χ4n) is 16.7. The number of hydrogen-bond acceptors (Lipinski definition) is 27. The van der Waals surface area contributed by atoms with E-state index in [2.05, 4.69) is 83.2 Å². The van der Waals surface area contributed by atoms with Crippen LogP contribution in [0, 0.1) is 11.3 Å². The Balaban J connectivity index is 0.000000215. The number of aryl methyl sites for hydroxylation is 2. The van der Waals surface area contributed by atoms with Crippen LogP contribution in [0.25, 0.3) is 21.8 Å². The Morgan fingerprint density at radius 1 is 0.569 bits per heavy atom. The quantitative estimate of drug-likeness (QED) is 0.00752. The summed E-state index contributed by atoms with van der Waals surface area (Å²) >= 11 is 2.44. The lowest BCUT2D eigenvalue weighted by Gasteiger charge is -2.30. The van der Waals surface area contributed by atoms with Gasteiger partial charge in [-0.15, -0.1) is 11.8 Å². The molecule has 2 aromatic heterocycles. The predicted molar refractivity (Wildman–Crippen MR) is 542 cm³/mol. The molecular formula is C105H131N13O24S2. The molecule has 4 saturated heterocycles. The number of aromatic nitrogens is 1. The highest BCUT2D eigenvalue weighted by atomic mass is 32.2. The van der Waals surface area contributed by atoms with Gasteiger partial charge in [-0.25, -0.2) is 19.2 Å². The lowest BCUT2D eigenvalue weighted by atomic mass is 9.88. The second kappa shape index (κ2) is 55.1. The van der Waals surface area contributed by atoms with Crippen molar-refractivity contribution in [2.24, 2.45) is 22.8 Å². The Bertz CT molecular complexity index is 5890. The summed E-state index contributed by atoms with van der Waals surface area (Å²) in [5.74, 6) is -4.84. The zero-order valence-electron chi connectivity index (χ0n) is 83.0. The van der Waals surface area contributed by atoms with Crippen LogP contribution in [0.1, 0.15) is 172 Å². The molecule has 6 heterocycles. The Morgan fingerprint density at radius 2 is 1.10 bits per heavy atom. The summed E-state index contributed by atoms with van der Waals surface area (Å²) in [6, 6.07) is 44.8. The summed E-state index contributed by atoms with van der Waals surface area (Å²) < 4.78 is 28.6. The van der Waals surface area contributed by atoms with Crippen molar-refractivity contribution in [2.75, 3.05) is 62.3 Å². The van der Waals surface area contributed by atoms with Gasteiger partial charge in [-0.05, 0) is 117 Å². The lowest BCUT2D eigenvalue weighted by molar-refractivity contribution is -0.151. The molecule has 0 spiro atoms. The fourth-order valence-corrected chi connectivity index (χ4v) is 18.2. The van der Waals surface area contributed by atoms with Crippen LogP contribution in [0.3, 0.4) is 0 Å². The molecule has 6 aromatic carbocycles. The normalized spacial score (nSPS) is 16.6. The minimum Gasteiger partial charge on any atom is -0.459 e. The summed E-state index contributed by atoms with van der Waals surface area (Å²) in [5.41, 5.74) is 15.3. The van der Waals surface area contributed by atoms with Gasteiger partial charge in [-0.3, -0.25) is 76.9 Å². The van der Waals surface area contributed by atoms with Gasteiger partial charge in [0.15, 0.2) is 35.3 Å². The van der Waals surface area contributed by atoms with Crippen molar-refractivity contribution in [3.8, 4) is 0 Å². The Labute approximate surface area is 844 Å². The first-order valence-corrected chi connectivity index (χ1v) is 50.0. The molecule has 9 atom stereocenters. The number of alkyl carbamates (subject to hydrolysis) is 1. The number of Topliss-reactive ketones (excluding diaryl/α,β-unsaturated/α-hetero) is 4. The topological polar surface area (TPSA) is 520 Å². The predicted octanol–water partition coefficient (Wildman–Crippen LogP) is 9.76. The molecule has 0 saturated carbocycles. The maximum atomic E-state index is 13.4. The number of unbranched alkanes of at least 4 members (excludes halogenated alkanes) is 2. The minimum absolute atomic E-state index is 0.0341. The van der Waals surface area contributed by atoms with Crippen LogP contribution in [0.15, 0.2) is 185 Å². The first kappa shape index (κ1) is 114. The van der Waals surface area contributed by atoms with E-state index in [1.165, 1.54) is 33.5 Å². The molecule has 12 rings (SSSR count). The number of hydrogen-bond donors (Lipinski definition) is 9. The third-order valence-corrected chi connectivity index (χ3v) is 25.4. The molecule has 0 bridgehead atoms. The van der Waals surface area contributed by atoms with E-state index >= 15 is 0 Å². The highest BCUT2D eigenvalue weighted by Crippen LogP contribution is 2.33. The SMILES string of the molecule is CC(C)(C)CC(CSCC(=O)OC(C)(C)C)NC(=O)C1CC(=O)CN1C(=O)OCc1ccccc1.CC(C)CC(CSC(=O)CN)NC(=O)C1C(=O)CCN1C(=O)OCc1ccccc1.CCCCCc1cc(C(=O)N2CC(=O)CC2C(=O)Nc2ccc3c(c2)c2ccccc2n3CC)cc(=O)o1.CNC(=O)C1CC(=O)CN1C(=O)C(O)C(Cc1ccccc1)NC(=O)C(CC(N)=O)NC(=O)OCc1ccccc1. The first-order valence-electron chi connectivity index (χ1n) is 47.9. The number of benzene rings is 6. The smallest absolute Gasteiger partial charge is 0.411 e. The maximum absolute atomic E-state index is 13.4. The molecular weight excluding hydrogens is 1890 g/mol. The number of nitrogens with one attached hydrogen (secondary N) is 6. The molecule has 39 heteroatoms. The third kappa shape index (κ3) is 35.3. The Kier molecular flexibility index (Phi) is 43.5. The molecule has 144 heavy (non-hydrogen) atoms. The second-order valence-electron chi connectivity index (χ2n) is 37.9. The van der Waals surface area contributed by atoms with E-state index in [0.29, 0.717) is 53.3 Å². The molecule has 4 aliphatic heterocycles. The van der Waals surface area contributed by atoms with Gasteiger partial charge in [0.25, 0.3) is 17.7 Å². The number of ether oxygens (including phenoxy) is 4. The first-order chi connectivity index (χ1) is 68.5. The van der Waals surface area contributed by atoms with Crippen LogP contribution in [-0.4, -0.2) is 246 Å². The average Bonchev–Trinajstić information content (AvgIpc) is 1.61. The number of aliphatic hydroxyl groups excluding tert-OH is 1. The number of nitrogens with two attached hydrogens (primary N) is 2. The van der Waals surface area contributed by atoms with E-state index in [-0.39, 0.29) is 160 Å². The number of likely N-dealkylation sites (tertiary alicyclic amines) is 4. The Morgan fingerprint density at radius 3 is 1.66 bits per heavy atom. The summed E-state index contributed by atoms with van der Waals surface area (Å²) in [6.45, 7) is 20.0. The van der Waals surface area contributed by atoms with Gasteiger partial charge in [0.1, 0.15) is 55.3 Å². The lowest BCUT2D eigenvalue weighted by Crippen LogP contribution is -2.58. The maximum Gasteiger partial charge on any atom is 0.411 e. The number of carbonyl (C=O) groups is 17. The number of para-hydroxylation sites is 1. The zero-order chi connectivity index (χ0) is 105. The number of fused-ring (bicyclic) bond motifs is 3. The van der Waals surface area contributed by atoms with Gasteiger partial charge in [0.05, 0.1) is 50.0 Å². The zero-order valence-corrected chi connectivity index (χ0v) is 84.7. The highest BCUT2D eigenvalue weighted by Gasteiger charge is 2.47. The molecule has 0 aliphatic carbocycles. The number of likely N-dealkylation sites (N-methyl/N-ethyl adjacent to an activating group) is 1. The number of anilines is 1. The number of rotatable bonds is 38. The van der Waals surface area contributed by atoms with Gasteiger partial charge in [0, 0.05) is 109 Å². The number of primary amides is 1. The van der Waals surface area contributed by atoms with E-state index in [9.17, 15) is 91.4 Å². The standard InChI is InChI=1S/C30H31N3O5.C28H33N5O8.C26H38N2O6S.C21H29N3O5S/c1-3-5-6-9-22-14-19(15-28(35)38-22)30(37)33-18-21(34)17-27(33)29(36)31-20-12-13-26-24(16-20)23-10-7-8-11-25(23)32(26)4-2;1-30-26(38)22-13-19(34)15-33(22)27(39)24(36)20(12-17-8-4-2-5-9-17)31-25(37)21(14-23(29)35)32-28(40)41-16-18-10-6-3-7-11-18;1-25(2,3)13-19(16-35-17-22(30)34-26(4,5)6)27-23(31)21-12-20(29)14-28(21)24(32)33-15-18-10-8-7-9-11-18;1-14(2)10-16(13-30-18(26)11-22)23-20(27)19-17(25)8-9-24(19)21(28)29-12-15-6-4-3-5-7-15/h7-8,10-16,27H,3-6,9,17-18H2,1-2H3,(H,31,36);2-11,20-22,24,36H,12-16H2,1H3,(H2,29,35)(H,30,38)(H,31,37)(H,32,40);7-11,19,21H,12-17H2,1-6H3,(H,27,31);3-7,14,16,19H,8-13,22H2,1-2H3,(H,23,27). The average molecular weight is 2020 g/mol. The second-order valence-corrected chi connectivity index (χ2v) is 40.0. The highest BCUT2D eigenvalue weighted by molar-refractivity contribution is 8.13. The monoisotopic (exact) mass is 2020 g/mol. The van der Waals surface area contributed by atoms with Crippen LogP contribution in [-0.2, 0) is 120 Å². The van der Waals surface area contributed by atoms with Gasteiger partial charge in [0.2, 0.25) is 34.7 Å². The van der Waals surface area contributed by atoms with E-state index in [4.69, 9.17) is 34.8 Å². The van der Waals surface area contributed by atoms with Crippen molar-refractivity contribution in [1.82, 2.24) is 50.8 Å². The van der Waals surface area contributed by atoms with Crippen LogP contribution in [0.2, 0.25) is 0 Å². The number of esters is 1. The number of aliphatic hydroxyl groups is 1. The van der Waals surface area contributed by atoms with Crippen LogP contribution >= 0.6 is 23.5 Å². The molecule has 4 aliphatic rings. The van der Waals surface area contributed by atoms with Crippen molar-refractivity contribution >= 4 is 151 Å². The number of ketones is 4. The van der Waals surface area contributed by atoms with Crippen LogP contribution in [0.5, 0.6) is 0 Å². The van der Waals surface area contributed by atoms with E-state index in [1.807, 2.05) is 126 Å². The van der Waals surface area contributed by atoms with Crippen molar-refractivity contribution in [3.05, 3.63) is 220 Å². The summed E-state index contributed by atoms with van der Waals surface area (Å²) in [5, 5.41) is 29.0. The van der Waals surface area contributed by atoms with E-state index in [0.717, 1.165) is 81.5 Å². The van der Waals surface area contributed by atoms with Crippen molar-refractivity contribution in [2.45, 2.75) is 233 Å². The van der Waals surface area contributed by atoms with Gasteiger partial charge in [-0.2, -0.15) is 0 Å². The number of carbonyl (C=O) groups excluding carboxylic acids is 17. The van der Waals surface area contributed by atoms with Crippen molar-refractivity contribution in [3.63, 3.8) is 0 Å². The molecule has 772 valence electrons. The van der Waals surface area contributed by atoms with Gasteiger partial charge < -0.3 is 86.2 Å². The van der Waals surface area contributed by atoms with Gasteiger partial charge >= 0.3 is 29.9 Å². The van der Waals surface area contributed by atoms with Crippen molar-refractivity contribution < 1.29 is 110 Å². The van der Waals surface area contributed by atoms with Crippen LogP contribution in [0.4, 0.5) is 20.1 Å². The molecule has 11 N–H and O–H groups in total. The number of thioether (sulfide) groups is 2. The number of amides is 11. The molecule has 11 amide bonds. The summed E-state index contributed by atoms with van der Waals surface area (Å²) in [4.78, 5) is 230. The Hall–Kier alpha value is -13.9. The summed E-state index contributed by atoms with van der Waals surface area (Å²) in [7, 11) is 1.36.